The molecular weight excluding hydrogens is 252 g/mol. The van der Waals surface area contributed by atoms with Gasteiger partial charge in [-0.3, -0.25) is 0 Å². The molecule has 0 aromatic heterocycles. The Bertz CT molecular complexity index is 764. The van der Waals surface area contributed by atoms with E-state index in [0.29, 0.717) is 0 Å². The topological polar surface area (TPSA) is 0 Å². The van der Waals surface area contributed by atoms with Gasteiger partial charge >= 0.3 is 0 Å². The fourth-order valence-corrected chi connectivity index (χ4v) is 2.68. The molecule has 0 aliphatic rings. The normalized spacial score (nSPS) is 10.6. The van der Waals surface area contributed by atoms with Crippen LogP contribution in [0.2, 0.25) is 0 Å². The summed E-state index contributed by atoms with van der Waals surface area (Å²) in [6, 6.07) is 24.0. The maximum atomic E-state index is 2.28. The van der Waals surface area contributed by atoms with Crippen LogP contribution in [0.5, 0.6) is 0 Å². The van der Waals surface area contributed by atoms with Crippen LogP contribution in [0.3, 0.4) is 0 Å². The van der Waals surface area contributed by atoms with Gasteiger partial charge in [0.15, 0.2) is 0 Å². The van der Waals surface area contributed by atoms with Crippen molar-refractivity contribution in [1.29, 1.82) is 0 Å². The highest BCUT2D eigenvalue weighted by Crippen LogP contribution is 2.29. The molecule has 3 aromatic carbocycles. The van der Waals surface area contributed by atoms with Gasteiger partial charge in [0.1, 0.15) is 0 Å². The predicted octanol–water partition coefficient (Wildman–Crippen LogP) is 5.95. The average molecular weight is 272 g/mol. The van der Waals surface area contributed by atoms with Crippen molar-refractivity contribution in [2.75, 3.05) is 0 Å². The van der Waals surface area contributed by atoms with Crippen LogP contribution in [-0.2, 0) is 0 Å². The highest BCUT2D eigenvalue weighted by atomic mass is 14.1. The molecule has 0 fully saturated rings. The van der Waals surface area contributed by atoms with Crippen LogP contribution in [0.25, 0.3) is 22.3 Å². The van der Waals surface area contributed by atoms with Gasteiger partial charge in [0.05, 0.1) is 0 Å². The second kappa shape index (κ2) is 5.57. The van der Waals surface area contributed by atoms with Crippen molar-refractivity contribution in [2.24, 2.45) is 0 Å². The van der Waals surface area contributed by atoms with Crippen molar-refractivity contribution >= 4 is 0 Å². The quantitative estimate of drug-likeness (QED) is 0.541. The van der Waals surface area contributed by atoms with Crippen LogP contribution >= 0.6 is 0 Å². The summed E-state index contributed by atoms with van der Waals surface area (Å²) < 4.78 is 0. The monoisotopic (exact) mass is 272 g/mol. The molecule has 0 saturated heterocycles. The molecule has 0 N–H and O–H groups in total. The van der Waals surface area contributed by atoms with Crippen LogP contribution < -0.4 is 0 Å². The maximum absolute atomic E-state index is 2.28. The van der Waals surface area contributed by atoms with Crippen LogP contribution in [0.1, 0.15) is 16.7 Å². The molecule has 0 heterocycles. The minimum atomic E-state index is 1.27. The summed E-state index contributed by atoms with van der Waals surface area (Å²) in [7, 11) is 0. The van der Waals surface area contributed by atoms with Gasteiger partial charge < -0.3 is 0 Å². The van der Waals surface area contributed by atoms with Crippen molar-refractivity contribution < 1.29 is 0 Å². The second-order valence-corrected chi connectivity index (χ2v) is 5.69. The first-order valence-corrected chi connectivity index (χ1v) is 7.39. The molecule has 21 heavy (non-hydrogen) atoms. The van der Waals surface area contributed by atoms with Gasteiger partial charge in [0.2, 0.25) is 0 Å². The lowest BCUT2D eigenvalue weighted by Gasteiger charge is -2.10. The average Bonchev–Trinajstić information content (AvgIpc) is 2.51. The Balaban J connectivity index is 2.08. The van der Waals surface area contributed by atoms with Gasteiger partial charge in [0.25, 0.3) is 0 Å². The first kappa shape index (κ1) is 13.6. The van der Waals surface area contributed by atoms with E-state index in [9.17, 15) is 0 Å². The first-order chi connectivity index (χ1) is 10.1. The zero-order chi connectivity index (χ0) is 14.8. The van der Waals surface area contributed by atoms with E-state index in [1.54, 1.807) is 0 Å². The SMILES string of the molecule is Cc1ccc(-c2cccc(-c3cccc(C)c3C)c2)cc1. The largest absolute Gasteiger partial charge is 0.0614 e. The van der Waals surface area contributed by atoms with Crippen molar-refractivity contribution in [1.82, 2.24) is 0 Å². The molecule has 0 spiro atoms. The number of hydrogen-bond donors (Lipinski definition) is 0. The molecule has 0 saturated carbocycles. The summed E-state index contributed by atoms with van der Waals surface area (Å²) in [4.78, 5) is 0. The number of aryl methyl sites for hydroxylation is 2. The van der Waals surface area contributed by atoms with E-state index >= 15 is 0 Å². The minimum Gasteiger partial charge on any atom is -0.0614 e. The van der Waals surface area contributed by atoms with E-state index in [4.69, 9.17) is 0 Å². The Morgan fingerprint density at radius 3 is 2.00 bits per heavy atom. The van der Waals surface area contributed by atoms with Gasteiger partial charge in [0, 0.05) is 0 Å². The lowest BCUT2D eigenvalue weighted by atomic mass is 9.94. The fraction of sp³-hybridized carbons (Fsp3) is 0.143. The van der Waals surface area contributed by atoms with Crippen molar-refractivity contribution in [3.8, 4) is 22.3 Å². The third-order valence-electron chi connectivity index (χ3n) is 4.16. The summed E-state index contributed by atoms with van der Waals surface area (Å²) >= 11 is 0. The van der Waals surface area contributed by atoms with E-state index < -0.39 is 0 Å². The van der Waals surface area contributed by atoms with Crippen molar-refractivity contribution in [2.45, 2.75) is 20.8 Å². The van der Waals surface area contributed by atoms with Crippen LogP contribution in [0.4, 0.5) is 0 Å². The van der Waals surface area contributed by atoms with Crippen molar-refractivity contribution in [3.05, 3.63) is 83.4 Å². The molecule has 0 bridgehead atoms. The molecule has 0 unspecified atom stereocenters. The molecule has 104 valence electrons. The molecule has 0 nitrogen and oxygen atoms in total. The van der Waals surface area contributed by atoms with Crippen LogP contribution in [0, 0.1) is 20.8 Å². The predicted molar refractivity (Wildman–Crippen MR) is 91.5 cm³/mol. The molecular formula is C21H20. The zero-order valence-electron chi connectivity index (χ0n) is 12.9. The Labute approximate surface area is 127 Å². The van der Waals surface area contributed by atoms with Gasteiger partial charge in [-0.1, -0.05) is 66.2 Å². The smallest absolute Gasteiger partial charge is 0.0152 e. The lowest BCUT2D eigenvalue weighted by Crippen LogP contribution is -1.87. The van der Waals surface area contributed by atoms with Gasteiger partial charge in [-0.2, -0.15) is 0 Å². The zero-order valence-corrected chi connectivity index (χ0v) is 12.9. The Kier molecular flexibility index (Phi) is 3.62. The summed E-state index contributed by atoms with van der Waals surface area (Å²) in [5, 5.41) is 0. The maximum Gasteiger partial charge on any atom is -0.0152 e. The third-order valence-corrected chi connectivity index (χ3v) is 4.16. The first-order valence-electron chi connectivity index (χ1n) is 7.39. The molecule has 3 aromatic rings. The molecule has 0 aliphatic heterocycles. The molecule has 0 radical (unpaired) electrons. The molecule has 0 atom stereocenters. The number of benzene rings is 3. The van der Waals surface area contributed by atoms with Crippen LogP contribution in [-0.4, -0.2) is 0 Å². The van der Waals surface area contributed by atoms with Gasteiger partial charge in [-0.05, 0) is 60.2 Å². The summed E-state index contributed by atoms with van der Waals surface area (Å²) in [5.74, 6) is 0. The van der Waals surface area contributed by atoms with Gasteiger partial charge in [-0.25, -0.2) is 0 Å². The van der Waals surface area contributed by atoms with Crippen LogP contribution in [0.15, 0.2) is 66.7 Å². The molecule has 0 amide bonds. The Morgan fingerprint density at radius 1 is 0.571 bits per heavy atom. The van der Waals surface area contributed by atoms with Crippen molar-refractivity contribution in [3.63, 3.8) is 0 Å². The fourth-order valence-electron chi connectivity index (χ4n) is 2.68. The molecule has 3 rings (SSSR count). The molecule has 0 heteroatoms. The van der Waals surface area contributed by atoms with E-state index in [-0.39, 0.29) is 0 Å². The Hall–Kier alpha value is -2.34. The second-order valence-electron chi connectivity index (χ2n) is 5.69. The third kappa shape index (κ3) is 2.75. The highest BCUT2D eigenvalue weighted by molar-refractivity contribution is 5.75. The Morgan fingerprint density at radius 2 is 1.24 bits per heavy atom. The summed E-state index contributed by atoms with van der Waals surface area (Å²) in [6.45, 7) is 6.49. The van der Waals surface area contributed by atoms with E-state index in [1.807, 2.05) is 0 Å². The number of hydrogen-bond acceptors (Lipinski definition) is 0. The molecule has 0 aliphatic carbocycles. The van der Waals surface area contributed by atoms with E-state index in [2.05, 4.69) is 87.5 Å². The lowest BCUT2D eigenvalue weighted by molar-refractivity contribution is 1.34. The minimum absolute atomic E-state index is 1.27. The highest BCUT2D eigenvalue weighted by Gasteiger charge is 2.05. The standard InChI is InChI=1S/C21H20/c1-15-10-12-18(13-11-15)19-7-5-8-20(14-19)21-9-4-6-16(2)17(21)3/h4-14H,1-3H3. The van der Waals surface area contributed by atoms with Gasteiger partial charge in [-0.15, -0.1) is 0 Å². The van der Waals surface area contributed by atoms with E-state index in [0.717, 1.165) is 0 Å². The number of rotatable bonds is 2. The summed E-state index contributed by atoms with van der Waals surface area (Å²) in [5.41, 5.74) is 9.15. The summed E-state index contributed by atoms with van der Waals surface area (Å²) in [6.07, 6.45) is 0. The van der Waals surface area contributed by atoms with E-state index in [1.165, 1.54) is 38.9 Å².